The second-order valence-corrected chi connectivity index (χ2v) is 5.08. The molecule has 1 aromatic rings. The topological polar surface area (TPSA) is 47.3 Å². The average Bonchev–Trinajstić information content (AvgIpc) is 2.39. The number of aliphatic hydroxyl groups excluding tert-OH is 1. The lowest BCUT2D eigenvalue weighted by Crippen LogP contribution is -2.36. The summed E-state index contributed by atoms with van der Waals surface area (Å²) in [6.07, 6.45) is 3.29. The first-order chi connectivity index (χ1) is 8.74. The maximum absolute atomic E-state index is 9.04. The summed E-state index contributed by atoms with van der Waals surface area (Å²) in [5.41, 5.74) is 3.12. The van der Waals surface area contributed by atoms with Gasteiger partial charge in [-0.15, -0.1) is 0 Å². The fourth-order valence-corrected chi connectivity index (χ4v) is 2.78. The van der Waals surface area contributed by atoms with Gasteiger partial charge in [-0.1, -0.05) is 0 Å². The average molecular weight is 244 g/mol. The minimum Gasteiger partial charge on any atom is -0.396 e. The molecule has 1 N–H and O–H groups in total. The lowest BCUT2D eigenvalue weighted by atomic mass is 9.94. The van der Waals surface area contributed by atoms with Crippen molar-refractivity contribution >= 4 is 5.69 Å². The molecule has 0 aromatic heterocycles. The van der Waals surface area contributed by atoms with Crippen molar-refractivity contribution in [1.29, 1.82) is 5.26 Å². The number of hydrogen-bond acceptors (Lipinski definition) is 3. The van der Waals surface area contributed by atoms with Crippen molar-refractivity contribution in [3.8, 4) is 6.07 Å². The van der Waals surface area contributed by atoms with Crippen molar-refractivity contribution in [3.63, 3.8) is 0 Å². The number of nitrogens with zero attached hydrogens (tertiary/aromatic N) is 2. The molecule has 96 valence electrons. The smallest absolute Gasteiger partial charge is 0.0991 e. The van der Waals surface area contributed by atoms with Crippen LogP contribution in [-0.4, -0.2) is 24.8 Å². The van der Waals surface area contributed by atoms with Crippen LogP contribution in [0.2, 0.25) is 0 Å². The number of nitriles is 1. The van der Waals surface area contributed by atoms with Crippen molar-refractivity contribution in [1.82, 2.24) is 0 Å². The first kappa shape index (κ1) is 12.9. The van der Waals surface area contributed by atoms with E-state index in [2.05, 4.69) is 24.0 Å². The summed E-state index contributed by atoms with van der Waals surface area (Å²) in [7, 11) is 0. The van der Waals surface area contributed by atoms with Gasteiger partial charge in [0, 0.05) is 25.4 Å². The Morgan fingerprint density at radius 1 is 1.50 bits per heavy atom. The van der Waals surface area contributed by atoms with Gasteiger partial charge in [0.1, 0.15) is 0 Å². The Morgan fingerprint density at radius 3 is 3.00 bits per heavy atom. The van der Waals surface area contributed by atoms with Crippen LogP contribution in [0.4, 0.5) is 5.69 Å². The number of rotatable bonds is 3. The van der Waals surface area contributed by atoms with E-state index in [0.29, 0.717) is 5.92 Å². The summed E-state index contributed by atoms with van der Waals surface area (Å²) < 4.78 is 0. The summed E-state index contributed by atoms with van der Waals surface area (Å²) in [4.78, 5) is 2.39. The SMILES string of the molecule is Cc1cc(C#N)ccc1N1CCCC(CCO)C1. The first-order valence-electron chi connectivity index (χ1n) is 6.61. The molecule has 3 nitrogen and oxygen atoms in total. The maximum atomic E-state index is 9.04. The van der Waals surface area contributed by atoms with Gasteiger partial charge in [0.2, 0.25) is 0 Å². The zero-order valence-corrected chi connectivity index (χ0v) is 10.9. The zero-order chi connectivity index (χ0) is 13.0. The highest BCUT2D eigenvalue weighted by Gasteiger charge is 2.20. The molecule has 1 aromatic carbocycles. The standard InChI is InChI=1S/C15H20N2O/c1-12-9-14(10-16)4-5-15(12)17-7-2-3-13(11-17)6-8-18/h4-5,9,13,18H,2-3,6-8,11H2,1H3. The van der Waals surface area contributed by atoms with Gasteiger partial charge in [-0.2, -0.15) is 5.26 Å². The van der Waals surface area contributed by atoms with Crippen LogP contribution >= 0.6 is 0 Å². The van der Waals surface area contributed by atoms with Crippen LogP contribution in [0.25, 0.3) is 0 Å². The van der Waals surface area contributed by atoms with Crippen molar-refractivity contribution < 1.29 is 5.11 Å². The second kappa shape index (κ2) is 5.88. The molecule has 1 atom stereocenters. The largest absolute Gasteiger partial charge is 0.396 e. The van der Waals surface area contributed by atoms with Crippen molar-refractivity contribution in [2.75, 3.05) is 24.6 Å². The van der Waals surface area contributed by atoms with Crippen LogP contribution < -0.4 is 4.90 Å². The molecule has 1 saturated heterocycles. The van der Waals surface area contributed by atoms with Crippen molar-refractivity contribution in [2.24, 2.45) is 5.92 Å². The summed E-state index contributed by atoms with van der Waals surface area (Å²) in [6.45, 7) is 4.44. The van der Waals surface area contributed by atoms with Gasteiger partial charge in [0.25, 0.3) is 0 Å². The highest BCUT2D eigenvalue weighted by atomic mass is 16.3. The number of hydrogen-bond donors (Lipinski definition) is 1. The summed E-state index contributed by atoms with van der Waals surface area (Å²) >= 11 is 0. The van der Waals surface area contributed by atoms with E-state index in [4.69, 9.17) is 10.4 Å². The molecule has 0 saturated carbocycles. The van der Waals surface area contributed by atoms with Crippen LogP contribution in [0.5, 0.6) is 0 Å². The van der Waals surface area contributed by atoms with Gasteiger partial charge in [-0.05, 0) is 55.9 Å². The molecule has 0 radical (unpaired) electrons. The highest BCUT2D eigenvalue weighted by Crippen LogP contribution is 2.27. The highest BCUT2D eigenvalue weighted by molar-refractivity contribution is 5.56. The minimum atomic E-state index is 0.283. The molecule has 0 bridgehead atoms. The number of aryl methyl sites for hydroxylation is 1. The Kier molecular flexibility index (Phi) is 4.22. The molecule has 0 spiro atoms. The minimum absolute atomic E-state index is 0.283. The fourth-order valence-electron chi connectivity index (χ4n) is 2.78. The third kappa shape index (κ3) is 2.83. The van der Waals surface area contributed by atoms with E-state index in [9.17, 15) is 0 Å². The number of benzene rings is 1. The van der Waals surface area contributed by atoms with E-state index in [1.54, 1.807) is 0 Å². The molecular formula is C15H20N2O. The van der Waals surface area contributed by atoms with E-state index in [-0.39, 0.29) is 6.61 Å². The van der Waals surface area contributed by atoms with E-state index in [0.717, 1.165) is 25.1 Å². The summed E-state index contributed by atoms with van der Waals surface area (Å²) in [5, 5.41) is 17.9. The van der Waals surface area contributed by atoms with E-state index < -0.39 is 0 Å². The predicted octanol–water partition coefficient (Wildman–Crippen LogP) is 2.47. The molecule has 0 amide bonds. The maximum Gasteiger partial charge on any atom is 0.0991 e. The fraction of sp³-hybridized carbons (Fsp3) is 0.533. The van der Waals surface area contributed by atoms with E-state index in [1.807, 2.05) is 12.1 Å². The third-order valence-electron chi connectivity index (χ3n) is 3.72. The first-order valence-corrected chi connectivity index (χ1v) is 6.61. The van der Waals surface area contributed by atoms with Gasteiger partial charge in [-0.3, -0.25) is 0 Å². The number of anilines is 1. The Balaban J connectivity index is 2.13. The molecule has 2 rings (SSSR count). The summed E-state index contributed by atoms with van der Waals surface area (Å²) in [6, 6.07) is 8.06. The lowest BCUT2D eigenvalue weighted by Gasteiger charge is -2.35. The third-order valence-corrected chi connectivity index (χ3v) is 3.72. The number of aliphatic hydroxyl groups is 1. The van der Waals surface area contributed by atoms with E-state index >= 15 is 0 Å². The van der Waals surface area contributed by atoms with Crippen molar-refractivity contribution in [2.45, 2.75) is 26.2 Å². The summed E-state index contributed by atoms with van der Waals surface area (Å²) in [5.74, 6) is 0.596. The van der Waals surface area contributed by atoms with Crippen LogP contribution in [0.3, 0.4) is 0 Å². The molecule has 0 aliphatic carbocycles. The number of piperidine rings is 1. The van der Waals surface area contributed by atoms with Crippen molar-refractivity contribution in [3.05, 3.63) is 29.3 Å². The molecule has 18 heavy (non-hydrogen) atoms. The van der Waals surface area contributed by atoms with Gasteiger partial charge in [0.15, 0.2) is 0 Å². The molecule has 1 aliphatic heterocycles. The molecule has 1 heterocycles. The Labute approximate surface area is 109 Å². The molecule has 1 fully saturated rings. The molecule has 3 heteroatoms. The molecule has 1 aliphatic rings. The second-order valence-electron chi connectivity index (χ2n) is 5.08. The normalized spacial score (nSPS) is 19.6. The van der Waals surface area contributed by atoms with Crippen LogP contribution in [-0.2, 0) is 0 Å². The van der Waals surface area contributed by atoms with E-state index in [1.165, 1.54) is 24.1 Å². The monoisotopic (exact) mass is 244 g/mol. The van der Waals surface area contributed by atoms with Gasteiger partial charge in [-0.25, -0.2) is 0 Å². The van der Waals surface area contributed by atoms with Crippen LogP contribution in [0, 0.1) is 24.2 Å². The van der Waals surface area contributed by atoms with Crippen LogP contribution in [0.15, 0.2) is 18.2 Å². The van der Waals surface area contributed by atoms with Gasteiger partial charge in [0.05, 0.1) is 11.6 Å². The predicted molar refractivity (Wildman–Crippen MR) is 72.5 cm³/mol. The Bertz CT molecular complexity index is 448. The Morgan fingerprint density at radius 2 is 2.33 bits per heavy atom. The molecule has 1 unspecified atom stereocenters. The van der Waals surface area contributed by atoms with Gasteiger partial charge >= 0.3 is 0 Å². The zero-order valence-electron chi connectivity index (χ0n) is 10.9. The van der Waals surface area contributed by atoms with Gasteiger partial charge < -0.3 is 10.0 Å². The Hall–Kier alpha value is -1.53. The quantitative estimate of drug-likeness (QED) is 0.888. The van der Waals surface area contributed by atoms with Crippen LogP contribution in [0.1, 0.15) is 30.4 Å². The molecular weight excluding hydrogens is 224 g/mol. The lowest BCUT2D eigenvalue weighted by molar-refractivity contribution is 0.244.